The van der Waals surface area contributed by atoms with Gasteiger partial charge in [0.1, 0.15) is 0 Å². The van der Waals surface area contributed by atoms with Crippen LogP contribution in [0.4, 0.5) is 0 Å². The Kier molecular flexibility index (Phi) is 5.22. The molecule has 17 heavy (non-hydrogen) atoms. The van der Waals surface area contributed by atoms with Crippen molar-refractivity contribution >= 4 is 0 Å². The Labute approximate surface area is 105 Å². The average Bonchev–Trinajstić information content (AvgIpc) is 2.40. The number of β-amino-alcohol motifs (C(OH)–C–C–N with tert-alkyl or cyclic N) is 1. The predicted octanol–water partition coefficient (Wildman–Crippen LogP) is 0.127. The quantitative estimate of drug-likeness (QED) is 0.734. The number of aliphatic hydroxyl groups excluding tert-OH is 1. The lowest BCUT2D eigenvalue weighted by molar-refractivity contribution is 0.0661. The third kappa shape index (κ3) is 3.65. The Morgan fingerprint density at radius 3 is 2.24 bits per heavy atom. The van der Waals surface area contributed by atoms with Crippen LogP contribution in [0.1, 0.15) is 25.7 Å². The molecule has 1 aliphatic carbocycles. The van der Waals surface area contributed by atoms with E-state index in [0.29, 0.717) is 6.61 Å². The number of piperazine rings is 1. The van der Waals surface area contributed by atoms with Crippen LogP contribution in [-0.4, -0.2) is 73.4 Å². The molecule has 2 aliphatic rings. The molecule has 0 aromatic rings. The molecule has 1 saturated carbocycles. The maximum atomic E-state index is 8.93. The first-order valence-electron chi connectivity index (χ1n) is 7.08. The Balaban J connectivity index is 1.70. The molecule has 1 heterocycles. The highest BCUT2D eigenvalue weighted by Gasteiger charge is 2.27. The van der Waals surface area contributed by atoms with Crippen molar-refractivity contribution in [3.8, 4) is 0 Å². The highest BCUT2D eigenvalue weighted by molar-refractivity contribution is 4.84. The summed E-state index contributed by atoms with van der Waals surface area (Å²) in [5.74, 6) is 0. The van der Waals surface area contributed by atoms with Crippen molar-refractivity contribution in [1.82, 2.24) is 15.1 Å². The maximum Gasteiger partial charge on any atom is 0.0558 e. The van der Waals surface area contributed by atoms with Gasteiger partial charge in [-0.25, -0.2) is 0 Å². The Morgan fingerprint density at radius 1 is 1.06 bits per heavy atom. The SMILES string of the molecule is CNC1CCC(N2CCN(CCO)CC2)CC1. The topological polar surface area (TPSA) is 38.7 Å². The first-order valence-corrected chi connectivity index (χ1v) is 7.08. The summed E-state index contributed by atoms with van der Waals surface area (Å²) in [5, 5.41) is 12.3. The summed E-state index contributed by atoms with van der Waals surface area (Å²) in [6, 6.07) is 1.57. The molecule has 4 nitrogen and oxygen atoms in total. The second-order valence-corrected chi connectivity index (χ2v) is 5.40. The Bertz CT molecular complexity index is 209. The molecule has 0 amide bonds. The lowest BCUT2D eigenvalue weighted by Gasteiger charge is -2.41. The zero-order chi connectivity index (χ0) is 12.1. The number of hydrogen-bond donors (Lipinski definition) is 2. The van der Waals surface area contributed by atoms with Crippen LogP contribution in [-0.2, 0) is 0 Å². The van der Waals surface area contributed by atoms with Gasteiger partial charge in [0.2, 0.25) is 0 Å². The minimum atomic E-state index is 0.299. The minimum Gasteiger partial charge on any atom is -0.395 e. The number of nitrogens with one attached hydrogen (secondary N) is 1. The van der Waals surface area contributed by atoms with E-state index in [1.54, 1.807) is 0 Å². The molecule has 2 fully saturated rings. The van der Waals surface area contributed by atoms with Crippen LogP contribution in [0.15, 0.2) is 0 Å². The van der Waals surface area contributed by atoms with Gasteiger partial charge < -0.3 is 10.4 Å². The van der Waals surface area contributed by atoms with Crippen LogP contribution in [0.25, 0.3) is 0 Å². The van der Waals surface area contributed by atoms with E-state index < -0.39 is 0 Å². The molecule has 0 atom stereocenters. The van der Waals surface area contributed by atoms with Gasteiger partial charge in [-0.15, -0.1) is 0 Å². The first-order chi connectivity index (χ1) is 8.33. The molecule has 2 N–H and O–H groups in total. The van der Waals surface area contributed by atoms with E-state index >= 15 is 0 Å². The molecule has 1 aliphatic heterocycles. The highest BCUT2D eigenvalue weighted by atomic mass is 16.3. The largest absolute Gasteiger partial charge is 0.395 e. The van der Waals surface area contributed by atoms with Gasteiger partial charge in [-0.05, 0) is 32.7 Å². The van der Waals surface area contributed by atoms with Crippen molar-refractivity contribution in [2.75, 3.05) is 46.4 Å². The molecule has 1 saturated heterocycles. The number of aliphatic hydroxyl groups is 1. The van der Waals surface area contributed by atoms with Crippen molar-refractivity contribution in [2.24, 2.45) is 0 Å². The smallest absolute Gasteiger partial charge is 0.0558 e. The van der Waals surface area contributed by atoms with Gasteiger partial charge in [0.25, 0.3) is 0 Å². The zero-order valence-electron chi connectivity index (χ0n) is 11.1. The van der Waals surface area contributed by atoms with Gasteiger partial charge in [-0.2, -0.15) is 0 Å². The van der Waals surface area contributed by atoms with Crippen LogP contribution in [0, 0.1) is 0 Å². The minimum absolute atomic E-state index is 0.299. The predicted molar refractivity (Wildman–Crippen MR) is 70.2 cm³/mol. The molecule has 0 spiro atoms. The second-order valence-electron chi connectivity index (χ2n) is 5.40. The summed E-state index contributed by atoms with van der Waals surface area (Å²) < 4.78 is 0. The van der Waals surface area contributed by atoms with Crippen LogP contribution < -0.4 is 5.32 Å². The van der Waals surface area contributed by atoms with Crippen molar-refractivity contribution in [3.05, 3.63) is 0 Å². The van der Waals surface area contributed by atoms with Crippen molar-refractivity contribution in [1.29, 1.82) is 0 Å². The molecular weight excluding hydrogens is 214 g/mol. The molecule has 2 rings (SSSR count). The summed E-state index contributed by atoms with van der Waals surface area (Å²) in [5.41, 5.74) is 0. The maximum absolute atomic E-state index is 8.93. The molecule has 0 bridgehead atoms. The van der Waals surface area contributed by atoms with Gasteiger partial charge >= 0.3 is 0 Å². The lowest BCUT2D eigenvalue weighted by Crippen LogP contribution is -2.52. The fourth-order valence-corrected chi connectivity index (χ4v) is 3.22. The fourth-order valence-electron chi connectivity index (χ4n) is 3.22. The monoisotopic (exact) mass is 241 g/mol. The van der Waals surface area contributed by atoms with Gasteiger partial charge in [-0.3, -0.25) is 9.80 Å². The van der Waals surface area contributed by atoms with Crippen LogP contribution >= 0.6 is 0 Å². The average molecular weight is 241 g/mol. The normalized spacial score (nSPS) is 32.8. The number of hydrogen-bond acceptors (Lipinski definition) is 4. The summed E-state index contributed by atoms with van der Waals surface area (Å²) in [6.07, 6.45) is 5.37. The van der Waals surface area contributed by atoms with Gasteiger partial charge in [0.05, 0.1) is 6.61 Å². The fraction of sp³-hybridized carbons (Fsp3) is 1.00. The standard InChI is InChI=1S/C13H27N3O/c1-14-12-2-4-13(5-3-12)16-8-6-15(7-9-16)10-11-17/h12-14,17H,2-11H2,1H3. The van der Waals surface area contributed by atoms with E-state index in [1.807, 2.05) is 0 Å². The van der Waals surface area contributed by atoms with Crippen LogP contribution in [0.2, 0.25) is 0 Å². The zero-order valence-corrected chi connectivity index (χ0v) is 11.1. The molecule has 100 valence electrons. The van der Waals surface area contributed by atoms with Gasteiger partial charge in [0.15, 0.2) is 0 Å². The Morgan fingerprint density at radius 2 is 1.71 bits per heavy atom. The first kappa shape index (κ1) is 13.3. The van der Waals surface area contributed by atoms with E-state index in [4.69, 9.17) is 5.11 Å². The van der Waals surface area contributed by atoms with E-state index in [9.17, 15) is 0 Å². The van der Waals surface area contributed by atoms with Gasteiger partial charge in [0, 0.05) is 44.8 Å². The number of rotatable bonds is 4. The summed E-state index contributed by atoms with van der Waals surface area (Å²) in [7, 11) is 2.08. The highest BCUT2D eigenvalue weighted by Crippen LogP contribution is 2.23. The van der Waals surface area contributed by atoms with Crippen LogP contribution in [0.3, 0.4) is 0 Å². The lowest BCUT2D eigenvalue weighted by atomic mass is 9.90. The van der Waals surface area contributed by atoms with Crippen LogP contribution in [0.5, 0.6) is 0 Å². The molecule has 0 aromatic carbocycles. The van der Waals surface area contributed by atoms with E-state index in [0.717, 1.165) is 31.7 Å². The number of nitrogens with zero attached hydrogens (tertiary/aromatic N) is 2. The summed E-state index contributed by atoms with van der Waals surface area (Å²) in [6.45, 7) is 5.79. The summed E-state index contributed by atoms with van der Waals surface area (Å²) in [4.78, 5) is 5.04. The van der Waals surface area contributed by atoms with Gasteiger partial charge in [-0.1, -0.05) is 0 Å². The van der Waals surface area contributed by atoms with E-state index in [-0.39, 0.29) is 0 Å². The third-order valence-electron chi connectivity index (χ3n) is 4.44. The molecular formula is C13H27N3O. The van der Waals surface area contributed by atoms with E-state index in [1.165, 1.54) is 38.8 Å². The molecule has 0 radical (unpaired) electrons. The molecule has 0 aromatic heterocycles. The molecule has 0 unspecified atom stereocenters. The third-order valence-corrected chi connectivity index (χ3v) is 4.44. The van der Waals surface area contributed by atoms with Crippen molar-refractivity contribution < 1.29 is 5.11 Å². The van der Waals surface area contributed by atoms with Crippen molar-refractivity contribution in [3.63, 3.8) is 0 Å². The van der Waals surface area contributed by atoms with E-state index in [2.05, 4.69) is 22.2 Å². The Hall–Kier alpha value is -0.160. The summed E-state index contributed by atoms with van der Waals surface area (Å²) >= 11 is 0. The van der Waals surface area contributed by atoms with Crippen molar-refractivity contribution in [2.45, 2.75) is 37.8 Å². The molecule has 4 heteroatoms. The second kappa shape index (κ2) is 6.69.